The van der Waals surface area contributed by atoms with Crippen LogP contribution >= 0.6 is 28.3 Å². The van der Waals surface area contributed by atoms with Gasteiger partial charge in [0.25, 0.3) is 0 Å². The molecule has 0 bridgehead atoms. The van der Waals surface area contributed by atoms with Crippen LogP contribution in [0.3, 0.4) is 0 Å². The minimum absolute atomic E-state index is 0. The van der Waals surface area contributed by atoms with Gasteiger partial charge in [-0.25, -0.2) is 4.79 Å². The molecule has 0 spiro atoms. The van der Waals surface area contributed by atoms with Crippen molar-refractivity contribution in [2.75, 3.05) is 0 Å². The van der Waals surface area contributed by atoms with Crippen molar-refractivity contribution in [1.82, 2.24) is 0 Å². The van der Waals surface area contributed by atoms with Gasteiger partial charge in [-0.05, 0) is 28.1 Å². The maximum Gasteiger partial charge on any atom is 0.407 e. The van der Waals surface area contributed by atoms with Crippen LogP contribution in [0.1, 0.15) is 22.0 Å². The first-order chi connectivity index (χ1) is 7.64. The van der Waals surface area contributed by atoms with E-state index in [1.165, 1.54) is 0 Å². The standard InChI is InChI=1S/C9H7BrF3NO3.ClH/c10-5-2-3(8(16)17)1-4(6(5)15)7(14)9(11,12)13;/h1-2,7,15H,14H2,(H,16,17);1H/t7-;/m0./s1. The van der Waals surface area contributed by atoms with Gasteiger partial charge in [0.05, 0.1) is 10.0 Å². The van der Waals surface area contributed by atoms with Crippen LogP contribution in [0.25, 0.3) is 0 Å². The fraction of sp³-hybridized carbons (Fsp3) is 0.222. The summed E-state index contributed by atoms with van der Waals surface area (Å²) in [6, 6.07) is -0.761. The van der Waals surface area contributed by atoms with E-state index in [1.54, 1.807) is 0 Å². The summed E-state index contributed by atoms with van der Waals surface area (Å²) >= 11 is 2.76. The predicted molar refractivity (Wildman–Crippen MR) is 63.0 cm³/mol. The molecule has 0 radical (unpaired) electrons. The molecule has 1 atom stereocenters. The molecule has 102 valence electrons. The summed E-state index contributed by atoms with van der Waals surface area (Å²) in [4.78, 5) is 10.7. The Hall–Kier alpha value is -0.990. The van der Waals surface area contributed by atoms with Crippen molar-refractivity contribution in [2.24, 2.45) is 5.73 Å². The fourth-order valence-corrected chi connectivity index (χ4v) is 1.63. The lowest BCUT2D eigenvalue weighted by atomic mass is 10.0. The number of aromatic hydroxyl groups is 1. The van der Waals surface area contributed by atoms with E-state index >= 15 is 0 Å². The molecule has 0 aromatic heterocycles. The maximum absolute atomic E-state index is 12.4. The molecule has 0 aliphatic carbocycles. The third kappa shape index (κ3) is 3.50. The van der Waals surface area contributed by atoms with Gasteiger partial charge in [-0.2, -0.15) is 13.2 Å². The number of hydrogen-bond donors (Lipinski definition) is 3. The Balaban J connectivity index is 0.00000289. The fourth-order valence-electron chi connectivity index (χ4n) is 1.16. The molecule has 0 amide bonds. The van der Waals surface area contributed by atoms with Crippen LogP contribution < -0.4 is 5.73 Å². The number of benzene rings is 1. The van der Waals surface area contributed by atoms with Crippen LogP contribution in [0, 0.1) is 0 Å². The van der Waals surface area contributed by atoms with E-state index in [2.05, 4.69) is 15.9 Å². The van der Waals surface area contributed by atoms with Crippen molar-refractivity contribution in [3.8, 4) is 5.75 Å². The van der Waals surface area contributed by atoms with E-state index in [-0.39, 0.29) is 16.9 Å². The lowest BCUT2D eigenvalue weighted by Gasteiger charge is -2.18. The number of rotatable bonds is 2. The third-order valence-electron chi connectivity index (χ3n) is 2.03. The van der Waals surface area contributed by atoms with Crippen LogP contribution in [0.4, 0.5) is 13.2 Å². The lowest BCUT2D eigenvalue weighted by Crippen LogP contribution is -2.28. The second kappa shape index (κ2) is 5.77. The minimum atomic E-state index is -4.77. The summed E-state index contributed by atoms with van der Waals surface area (Å²) in [5.74, 6) is -2.14. The van der Waals surface area contributed by atoms with E-state index in [0.717, 1.165) is 6.07 Å². The van der Waals surface area contributed by atoms with E-state index in [0.29, 0.717) is 6.07 Å². The Bertz CT molecular complexity index is 467. The zero-order valence-electron chi connectivity index (χ0n) is 8.53. The van der Waals surface area contributed by atoms with Crippen LogP contribution in [0.5, 0.6) is 5.75 Å². The molecule has 4 N–H and O–H groups in total. The van der Waals surface area contributed by atoms with Gasteiger partial charge in [0.2, 0.25) is 0 Å². The van der Waals surface area contributed by atoms with Gasteiger partial charge in [-0.1, -0.05) is 0 Å². The Morgan fingerprint density at radius 2 is 1.89 bits per heavy atom. The number of carboxylic acid groups (broad SMARTS) is 1. The number of nitrogens with two attached hydrogens (primary N) is 1. The van der Waals surface area contributed by atoms with Crippen LogP contribution in [0.15, 0.2) is 16.6 Å². The first-order valence-corrected chi connectivity index (χ1v) is 5.02. The summed E-state index contributed by atoms with van der Waals surface area (Å²) in [5.41, 5.74) is 3.82. The largest absolute Gasteiger partial charge is 0.506 e. The van der Waals surface area contributed by atoms with E-state index in [1.807, 2.05) is 0 Å². The van der Waals surface area contributed by atoms with Gasteiger partial charge < -0.3 is 15.9 Å². The highest BCUT2D eigenvalue weighted by Crippen LogP contribution is 2.39. The highest BCUT2D eigenvalue weighted by molar-refractivity contribution is 9.10. The molecule has 18 heavy (non-hydrogen) atoms. The molecule has 0 heterocycles. The number of aromatic carboxylic acids is 1. The van der Waals surface area contributed by atoms with E-state index in [9.17, 15) is 23.1 Å². The summed E-state index contributed by atoms with van der Waals surface area (Å²) < 4.78 is 37.0. The average molecular weight is 351 g/mol. The summed E-state index contributed by atoms with van der Waals surface area (Å²) in [6.45, 7) is 0. The highest BCUT2D eigenvalue weighted by Gasteiger charge is 2.40. The second-order valence-corrected chi connectivity index (χ2v) is 4.07. The second-order valence-electron chi connectivity index (χ2n) is 3.22. The molecule has 1 rings (SSSR count). The number of alkyl halides is 3. The quantitative estimate of drug-likeness (QED) is 0.766. The Morgan fingerprint density at radius 3 is 2.28 bits per heavy atom. The SMILES string of the molecule is Cl.N[C@@H](c1cc(C(=O)O)cc(Br)c1O)C(F)(F)F. The summed E-state index contributed by atoms with van der Waals surface area (Å²) in [5, 5.41) is 18.1. The number of carbonyl (C=O) groups is 1. The smallest absolute Gasteiger partial charge is 0.407 e. The molecule has 9 heteroatoms. The zero-order valence-corrected chi connectivity index (χ0v) is 10.9. The van der Waals surface area contributed by atoms with Crippen LogP contribution in [-0.4, -0.2) is 22.4 Å². The molecule has 0 saturated heterocycles. The van der Waals surface area contributed by atoms with Gasteiger partial charge >= 0.3 is 12.1 Å². The van der Waals surface area contributed by atoms with Gasteiger partial charge in [0.1, 0.15) is 11.8 Å². The molecule has 0 fully saturated rings. The van der Waals surface area contributed by atoms with Crippen molar-refractivity contribution < 1.29 is 28.2 Å². The predicted octanol–water partition coefficient (Wildman–Crippen LogP) is 2.84. The zero-order chi connectivity index (χ0) is 13.4. The molecule has 1 aromatic rings. The molecule has 4 nitrogen and oxygen atoms in total. The van der Waals surface area contributed by atoms with Crippen molar-refractivity contribution >= 4 is 34.3 Å². The molecule has 0 unspecified atom stereocenters. The Labute approximate surface area is 114 Å². The van der Waals surface area contributed by atoms with Gasteiger partial charge in [0, 0.05) is 5.56 Å². The highest BCUT2D eigenvalue weighted by atomic mass is 79.9. The van der Waals surface area contributed by atoms with Gasteiger partial charge in [0.15, 0.2) is 0 Å². The molecule has 0 aliphatic rings. The normalized spacial score (nSPS) is 12.7. The minimum Gasteiger partial charge on any atom is -0.506 e. The van der Waals surface area contributed by atoms with Crippen molar-refractivity contribution in [3.63, 3.8) is 0 Å². The molecular weight excluding hydrogens is 342 g/mol. The van der Waals surface area contributed by atoms with Crippen LogP contribution in [0.2, 0.25) is 0 Å². The Morgan fingerprint density at radius 1 is 1.39 bits per heavy atom. The first kappa shape index (κ1) is 17.0. The van der Waals surface area contributed by atoms with E-state index < -0.39 is 35.1 Å². The van der Waals surface area contributed by atoms with Gasteiger partial charge in [-0.3, -0.25) is 0 Å². The number of hydrogen-bond acceptors (Lipinski definition) is 3. The molecule has 0 aliphatic heterocycles. The average Bonchev–Trinajstić information content (AvgIpc) is 2.19. The van der Waals surface area contributed by atoms with Gasteiger partial charge in [-0.15, -0.1) is 12.4 Å². The number of halogens is 5. The monoisotopic (exact) mass is 349 g/mol. The number of carboxylic acids is 1. The molecular formula is C9H8BrClF3NO3. The Kier molecular flexibility index (Phi) is 5.45. The summed E-state index contributed by atoms with van der Waals surface area (Å²) in [6.07, 6.45) is -4.77. The molecule has 0 saturated carbocycles. The van der Waals surface area contributed by atoms with Crippen molar-refractivity contribution in [2.45, 2.75) is 12.2 Å². The van der Waals surface area contributed by atoms with E-state index in [4.69, 9.17) is 10.8 Å². The lowest BCUT2D eigenvalue weighted by molar-refractivity contribution is -0.149. The van der Waals surface area contributed by atoms with Crippen molar-refractivity contribution in [3.05, 3.63) is 27.7 Å². The topological polar surface area (TPSA) is 83.6 Å². The number of phenolic OH excluding ortho intramolecular Hbond substituents is 1. The molecule has 1 aromatic carbocycles. The first-order valence-electron chi connectivity index (χ1n) is 4.22. The van der Waals surface area contributed by atoms with Crippen LogP contribution in [-0.2, 0) is 0 Å². The van der Waals surface area contributed by atoms with Crippen molar-refractivity contribution in [1.29, 1.82) is 0 Å². The maximum atomic E-state index is 12.4. The summed E-state index contributed by atoms with van der Waals surface area (Å²) in [7, 11) is 0. The number of phenols is 1. The third-order valence-corrected chi connectivity index (χ3v) is 2.63.